The van der Waals surface area contributed by atoms with Gasteiger partial charge in [-0.3, -0.25) is 4.79 Å². The highest BCUT2D eigenvalue weighted by molar-refractivity contribution is 5.92. The van der Waals surface area contributed by atoms with E-state index in [1.54, 1.807) is 26.4 Å². The van der Waals surface area contributed by atoms with Gasteiger partial charge in [-0.1, -0.05) is 6.92 Å². The predicted molar refractivity (Wildman–Crippen MR) is 76.5 cm³/mol. The lowest BCUT2D eigenvalue weighted by molar-refractivity contribution is -0.117. The van der Waals surface area contributed by atoms with Crippen LogP contribution in [0.4, 0.5) is 0 Å². The zero-order valence-electron chi connectivity index (χ0n) is 11.9. The first-order valence-electron chi connectivity index (χ1n) is 6.31. The average Bonchev–Trinajstić information content (AvgIpc) is 2.44. The summed E-state index contributed by atoms with van der Waals surface area (Å²) in [5.74, 6) is 1.29. The van der Waals surface area contributed by atoms with Crippen LogP contribution in [-0.4, -0.2) is 26.2 Å². The maximum Gasteiger partial charge on any atom is 0.244 e. The quantitative estimate of drug-likeness (QED) is 0.803. The average molecular weight is 263 g/mol. The van der Waals surface area contributed by atoms with Crippen molar-refractivity contribution in [1.82, 2.24) is 5.32 Å². The number of hydrogen-bond acceptors (Lipinski definition) is 3. The second-order valence-corrected chi connectivity index (χ2v) is 4.26. The third-order valence-corrected chi connectivity index (χ3v) is 2.86. The van der Waals surface area contributed by atoms with E-state index in [1.165, 1.54) is 6.08 Å². The van der Waals surface area contributed by atoms with Crippen molar-refractivity contribution in [2.45, 2.75) is 26.3 Å². The fourth-order valence-electron chi connectivity index (χ4n) is 1.51. The molecule has 0 radical (unpaired) electrons. The molecule has 0 aliphatic heterocycles. The molecule has 1 rings (SSSR count). The zero-order chi connectivity index (χ0) is 14.3. The van der Waals surface area contributed by atoms with Crippen molar-refractivity contribution in [3.63, 3.8) is 0 Å². The number of rotatable bonds is 6. The summed E-state index contributed by atoms with van der Waals surface area (Å²) in [7, 11) is 3.19. The number of nitrogens with one attached hydrogen (secondary N) is 1. The van der Waals surface area contributed by atoms with Gasteiger partial charge in [0.1, 0.15) is 11.5 Å². The van der Waals surface area contributed by atoms with Crippen molar-refractivity contribution < 1.29 is 14.3 Å². The van der Waals surface area contributed by atoms with Crippen LogP contribution in [0.2, 0.25) is 0 Å². The molecular weight excluding hydrogens is 242 g/mol. The molecule has 0 bridgehead atoms. The summed E-state index contributed by atoms with van der Waals surface area (Å²) in [5, 5.41) is 2.87. The van der Waals surface area contributed by atoms with E-state index in [2.05, 4.69) is 5.32 Å². The van der Waals surface area contributed by atoms with E-state index in [9.17, 15) is 4.79 Å². The van der Waals surface area contributed by atoms with E-state index in [-0.39, 0.29) is 11.9 Å². The van der Waals surface area contributed by atoms with Gasteiger partial charge in [0.05, 0.1) is 14.2 Å². The molecule has 0 spiro atoms. The largest absolute Gasteiger partial charge is 0.497 e. The molecule has 1 aromatic carbocycles. The fraction of sp³-hybridized carbons (Fsp3) is 0.400. The number of benzene rings is 1. The molecule has 1 aromatic rings. The van der Waals surface area contributed by atoms with Crippen molar-refractivity contribution in [3.8, 4) is 11.5 Å². The van der Waals surface area contributed by atoms with Crippen LogP contribution in [0, 0.1) is 0 Å². The Morgan fingerprint density at radius 3 is 2.68 bits per heavy atom. The molecule has 1 amide bonds. The molecule has 4 heteroatoms. The van der Waals surface area contributed by atoms with Gasteiger partial charge in [-0.15, -0.1) is 0 Å². The predicted octanol–water partition coefficient (Wildman–Crippen LogP) is 2.63. The van der Waals surface area contributed by atoms with Crippen molar-refractivity contribution in [2.75, 3.05) is 14.2 Å². The number of methoxy groups -OCH3 is 2. The van der Waals surface area contributed by atoms with Gasteiger partial charge in [0.15, 0.2) is 0 Å². The van der Waals surface area contributed by atoms with Crippen molar-refractivity contribution in [3.05, 3.63) is 29.8 Å². The second-order valence-electron chi connectivity index (χ2n) is 4.26. The minimum absolute atomic E-state index is 0.104. The molecule has 0 aliphatic carbocycles. The summed E-state index contributed by atoms with van der Waals surface area (Å²) >= 11 is 0. The number of hydrogen-bond donors (Lipinski definition) is 1. The lowest BCUT2D eigenvalue weighted by Gasteiger charge is -2.09. The first-order valence-corrected chi connectivity index (χ1v) is 6.31. The SMILES string of the molecule is CC[C@H](C)NC(=O)/C=C/c1ccc(OC)cc1OC. The Hall–Kier alpha value is -1.97. The van der Waals surface area contributed by atoms with E-state index in [0.29, 0.717) is 5.75 Å². The van der Waals surface area contributed by atoms with E-state index in [1.807, 2.05) is 26.0 Å². The minimum Gasteiger partial charge on any atom is -0.497 e. The molecule has 104 valence electrons. The van der Waals surface area contributed by atoms with Crippen LogP contribution in [0.15, 0.2) is 24.3 Å². The summed E-state index contributed by atoms with van der Waals surface area (Å²) in [5.41, 5.74) is 0.836. The standard InChI is InChI=1S/C15H21NO3/c1-5-11(2)16-15(17)9-7-12-6-8-13(18-3)10-14(12)19-4/h6-11H,5H2,1-4H3,(H,16,17)/b9-7+/t11-/m0/s1. The van der Waals surface area contributed by atoms with Gasteiger partial charge in [-0.05, 0) is 31.6 Å². The molecular formula is C15H21NO3. The molecule has 0 saturated heterocycles. The van der Waals surface area contributed by atoms with Gasteiger partial charge >= 0.3 is 0 Å². The van der Waals surface area contributed by atoms with E-state index >= 15 is 0 Å². The molecule has 1 N–H and O–H groups in total. The Kier molecular flexibility index (Phi) is 5.93. The summed E-state index contributed by atoms with van der Waals surface area (Å²) in [6.45, 7) is 4.00. The summed E-state index contributed by atoms with van der Waals surface area (Å²) in [4.78, 5) is 11.6. The second kappa shape index (κ2) is 7.46. The molecule has 1 atom stereocenters. The van der Waals surface area contributed by atoms with Crippen LogP contribution >= 0.6 is 0 Å². The van der Waals surface area contributed by atoms with Gasteiger partial charge in [0, 0.05) is 23.7 Å². The summed E-state index contributed by atoms with van der Waals surface area (Å²) < 4.78 is 10.4. The highest BCUT2D eigenvalue weighted by atomic mass is 16.5. The molecule has 19 heavy (non-hydrogen) atoms. The maximum atomic E-state index is 11.6. The van der Waals surface area contributed by atoms with Crippen LogP contribution in [0.3, 0.4) is 0 Å². The molecule has 0 aromatic heterocycles. The lowest BCUT2D eigenvalue weighted by atomic mass is 10.1. The summed E-state index contributed by atoms with van der Waals surface area (Å²) in [6, 6.07) is 5.64. The molecule has 0 unspecified atom stereocenters. The third-order valence-electron chi connectivity index (χ3n) is 2.86. The Balaban J connectivity index is 2.78. The van der Waals surface area contributed by atoms with Crippen LogP contribution in [0.25, 0.3) is 6.08 Å². The minimum atomic E-state index is -0.104. The number of carbonyl (C=O) groups excluding carboxylic acids is 1. The van der Waals surface area contributed by atoms with E-state index in [0.717, 1.165) is 17.7 Å². The summed E-state index contributed by atoms with van der Waals surface area (Å²) in [6.07, 6.45) is 4.15. The highest BCUT2D eigenvalue weighted by Crippen LogP contribution is 2.25. The number of amides is 1. The van der Waals surface area contributed by atoms with Crippen LogP contribution < -0.4 is 14.8 Å². The highest BCUT2D eigenvalue weighted by Gasteiger charge is 2.04. The molecule has 4 nitrogen and oxygen atoms in total. The Morgan fingerprint density at radius 2 is 2.11 bits per heavy atom. The van der Waals surface area contributed by atoms with Gasteiger partial charge in [0.2, 0.25) is 5.91 Å². The Bertz CT molecular complexity index is 455. The first-order chi connectivity index (χ1) is 9.10. The third kappa shape index (κ3) is 4.66. The first kappa shape index (κ1) is 15.1. The molecule has 0 aliphatic rings. The van der Waals surface area contributed by atoms with Gasteiger partial charge in [0.25, 0.3) is 0 Å². The van der Waals surface area contributed by atoms with Gasteiger partial charge in [-0.2, -0.15) is 0 Å². The normalized spacial score (nSPS) is 12.2. The van der Waals surface area contributed by atoms with Gasteiger partial charge in [-0.25, -0.2) is 0 Å². The fourth-order valence-corrected chi connectivity index (χ4v) is 1.51. The maximum absolute atomic E-state index is 11.6. The van der Waals surface area contributed by atoms with Crippen LogP contribution in [0.5, 0.6) is 11.5 Å². The smallest absolute Gasteiger partial charge is 0.244 e. The Morgan fingerprint density at radius 1 is 1.37 bits per heavy atom. The van der Waals surface area contributed by atoms with Crippen molar-refractivity contribution in [2.24, 2.45) is 0 Å². The van der Waals surface area contributed by atoms with Crippen molar-refractivity contribution >= 4 is 12.0 Å². The zero-order valence-corrected chi connectivity index (χ0v) is 11.9. The van der Waals surface area contributed by atoms with Crippen LogP contribution in [0.1, 0.15) is 25.8 Å². The van der Waals surface area contributed by atoms with Gasteiger partial charge < -0.3 is 14.8 Å². The number of carbonyl (C=O) groups is 1. The Labute approximate surface area is 114 Å². The molecule has 0 fully saturated rings. The molecule has 0 saturated carbocycles. The lowest BCUT2D eigenvalue weighted by Crippen LogP contribution is -2.30. The molecule has 0 heterocycles. The topological polar surface area (TPSA) is 47.6 Å². The van der Waals surface area contributed by atoms with Crippen LogP contribution in [-0.2, 0) is 4.79 Å². The van der Waals surface area contributed by atoms with E-state index < -0.39 is 0 Å². The van der Waals surface area contributed by atoms with Crippen molar-refractivity contribution in [1.29, 1.82) is 0 Å². The number of ether oxygens (including phenoxy) is 2. The van der Waals surface area contributed by atoms with E-state index in [4.69, 9.17) is 9.47 Å². The monoisotopic (exact) mass is 263 g/mol.